The summed E-state index contributed by atoms with van der Waals surface area (Å²) in [5, 5.41) is 0. The quantitative estimate of drug-likeness (QED) is 0.603. The van der Waals surface area contributed by atoms with Gasteiger partial charge in [-0.3, -0.25) is 4.79 Å². The van der Waals surface area contributed by atoms with E-state index in [-0.39, 0.29) is 12.2 Å². The van der Waals surface area contributed by atoms with Crippen molar-refractivity contribution in [3.8, 4) is 11.5 Å². The molecule has 0 unspecified atom stereocenters. The number of carbonyl (C=O) groups is 2. The van der Waals surface area contributed by atoms with Crippen LogP contribution in [0.1, 0.15) is 6.42 Å². The Morgan fingerprint density at radius 2 is 1.78 bits per heavy atom. The number of ketones is 1. The minimum Gasteiger partial charge on any atom is -0.497 e. The zero-order valence-corrected chi connectivity index (χ0v) is 9.88. The van der Waals surface area contributed by atoms with Gasteiger partial charge in [-0.05, 0) is 36.4 Å². The van der Waals surface area contributed by atoms with Crippen molar-refractivity contribution >= 4 is 11.8 Å². The topological polar surface area (TPSA) is 52.6 Å². The number of hydrogen-bond acceptors (Lipinski definition) is 4. The highest BCUT2D eigenvalue weighted by molar-refractivity contribution is 6.00. The molecule has 0 heterocycles. The van der Waals surface area contributed by atoms with Crippen LogP contribution in [0.25, 0.3) is 0 Å². The van der Waals surface area contributed by atoms with Crippen molar-refractivity contribution in [2.24, 2.45) is 0 Å². The predicted octanol–water partition coefficient (Wildman–Crippen LogP) is 2.06. The summed E-state index contributed by atoms with van der Waals surface area (Å²) in [6, 6.07) is 6.71. The van der Waals surface area contributed by atoms with Crippen LogP contribution in [-0.4, -0.2) is 18.9 Å². The highest BCUT2D eigenvalue weighted by Gasteiger charge is 2.13. The normalized spacial score (nSPS) is 14.1. The van der Waals surface area contributed by atoms with E-state index in [1.54, 1.807) is 37.5 Å². The summed E-state index contributed by atoms with van der Waals surface area (Å²) in [6.45, 7) is 0. The number of carbonyl (C=O) groups excluding carboxylic acids is 2. The molecule has 1 aliphatic rings. The van der Waals surface area contributed by atoms with E-state index in [1.165, 1.54) is 12.2 Å². The van der Waals surface area contributed by atoms with Crippen LogP contribution < -0.4 is 9.47 Å². The molecule has 0 N–H and O–H groups in total. The average Bonchev–Trinajstić information content (AvgIpc) is 2.40. The highest BCUT2D eigenvalue weighted by Crippen LogP contribution is 2.19. The second-order valence-electron chi connectivity index (χ2n) is 3.73. The molecule has 0 fully saturated rings. The third kappa shape index (κ3) is 2.85. The maximum absolute atomic E-state index is 11.7. The van der Waals surface area contributed by atoms with Crippen LogP contribution in [-0.2, 0) is 9.59 Å². The molecular formula is C14H12O4. The molecule has 4 heteroatoms. The van der Waals surface area contributed by atoms with Gasteiger partial charge < -0.3 is 9.47 Å². The van der Waals surface area contributed by atoms with Crippen molar-refractivity contribution < 1.29 is 19.1 Å². The van der Waals surface area contributed by atoms with Crippen molar-refractivity contribution in [3.63, 3.8) is 0 Å². The molecule has 4 nitrogen and oxygen atoms in total. The van der Waals surface area contributed by atoms with E-state index in [0.29, 0.717) is 17.1 Å². The van der Waals surface area contributed by atoms with Crippen molar-refractivity contribution in [1.29, 1.82) is 0 Å². The van der Waals surface area contributed by atoms with Gasteiger partial charge in [0.1, 0.15) is 11.5 Å². The lowest BCUT2D eigenvalue weighted by Crippen LogP contribution is -2.12. The number of ether oxygens (including phenoxy) is 2. The summed E-state index contributed by atoms with van der Waals surface area (Å²) in [4.78, 5) is 22.7. The van der Waals surface area contributed by atoms with Gasteiger partial charge in [0.2, 0.25) is 0 Å². The number of allylic oxidation sites excluding steroid dienone is 2. The molecule has 92 valence electrons. The van der Waals surface area contributed by atoms with Crippen molar-refractivity contribution in [3.05, 3.63) is 48.1 Å². The highest BCUT2D eigenvalue weighted by atomic mass is 16.5. The van der Waals surface area contributed by atoms with Crippen LogP contribution in [0.4, 0.5) is 0 Å². The van der Waals surface area contributed by atoms with Crippen molar-refractivity contribution in [2.45, 2.75) is 6.42 Å². The molecule has 2 rings (SSSR count). The maximum Gasteiger partial charge on any atom is 0.343 e. The van der Waals surface area contributed by atoms with Crippen LogP contribution in [0, 0.1) is 0 Å². The van der Waals surface area contributed by atoms with Gasteiger partial charge in [-0.1, -0.05) is 6.08 Å². The zero-order valence-electron chi connectivity index (χ0n) is 9.88. The molecule has 0 bridgehead atoms. The number of esters is 1. The maximum atomic E-state index is 11.7. The molecule has 0 aromatic heterocycles. The fourth-order valence-corrected chi connectivity index (χ4v) is 1.49. The molecule has 0 amide bonds. The van der Waals surface area contributed by atoms with Gasteiger partial charge in [-0.25, -0.2) is 4.79 Å². The largest absolute Gasteiger partial charge is 0.497 e. The number of rotatable bonds is 3. The standard InChI is InChI=1S/C14H12O4/c1-17-12-6-8-13(9-7-12)18-14(16)10-2-4-11(15)5-3-10/h2-4,6-9H,5H2,1H3. The Bertz CT molecular complexity index is 523. The Kier molecular flexibility index (Phi) is 3.57. The first-order valence-electron chi connectivity index (χ1n) is 5.46. The van der Waals surface area contributed by atoms with Crippen LogP contribution >= 0.6 is 0 Å². The van der Waals surface area contributed by atoms with E-state index >= 15 is 0 Å². The van der Waals surface area contributed by atoms with Crippen LogP contribution in [0.3, 0.4) is 0 Å². The number of methoxy groups -OCH3 is 1. The Balaban J connectivity index is 2.03. The van der Waals surface area contributed by atoms with Crippen molar-refractivity contribution in [1.82, 2.24) is 0 Å². The van der Waals surface area contributed by atoms with E-state index in [1.807, 2.05) is 0 Å². The number of hydrogen-bond donors (Lipinski definition) is 0. The second-order valence-corrected chi connectivity index (χ2v) is 3.73. The van der Waals surface area contributed by atoms with Gasteiger partial charge in [0.25, 0.3) is 0 Å². The van der Waals surface area contributed by atoms with E-state index < -0.39 is 5.97 Å². The molecule has 18 heavy (non-hydrogen) atoms. The summed E-state index contributed by atoms with van der Waals surface area (Å²) in [7, 11) is 1.57. The fraction of sp³-hybridized carbons (Fsp3) is 0.143. The van der Waals surface area contributed by atoms with Gasteiger partial charge in [0.15, 0.2) is 5.78 Å². The third-order valence-corrected chi connectivity index (χ3v) is 2.48. The molecule has 0 radical (unpaired) electrons. The zero-order chi connectivity index (χ0) is 13.0. The Labute approximate surface area is 105 Å². The first-order valence-corrected chi connectivity index (χ1v) is 5.46. The van der Waals surface area contributed by atoms with E-state index in [0.717, 1.165) is 0 Å². The van der Waals surface area contributed by atoms with E-state index in [2.05, 4.69) is 0 Å². The molecule has 0 saturated carbocycles. The molecule has 1 aromatic rings. The minimum atomic E-state index is -0.469. The predicted molar refractivity (Wildman–Crippen MR) is 65.5 cm³/mol. The lowest BCUT2D eigenvalue weighted by atomic mass is 10.1. The van der Waals surface area contributed by atoms with Gasteiger partial charge in [0, 0.05) is 6.42 Å². The lowest BCUT2D eigenvalue weighted by molar-refractivity contribution is -0.129. The van der Waals surface area contributed by atoms with Gasteiger partial charge in [-0.2, -0.15) is 0 Å². The molecule has 1 aliphatic carbocycles. The molecule has 0 atom stereocenters. The SMILES string of the molecule is COc1ccc(OC(=O)C2=CCC(=O)C=C2)cc1. The monoisotopic (exact) mass is 244 g/mol. The summed E-state index contributed by atoms with van der Waals surface area (Å²) in [6.07, 6.45) is 4.65. The summed E-state index contributed by atoms with van der Waals surface area (Å²) in [5.41, 5.74) is 0.394. The minimum absolute atomic E-state index is 0.0176. The molecular weight excluding hydrogens is 232 g/mol. The van der Waals surface area contributed by atoms with Gasteiger partial charge in [0.05, 0.1) is 12.7 Å². The van der Waals surface area contributed by atoms with E-state index in [4.69, 9.17) is 9.47 Å². The second kappa shape index (κ2) is 5.31. The first-order chi connectivity index (χ1) is 8.69. The first kappa shape index (κ1) is 12.1. The van der Waals surface area contributed by atoms with Gasteiger partial charge >= 0.3 is 5.97 Å². The summed E-state index contributed by atoms with van der Waals surface area (Å²) >= 11 is 0. The third-order valence-electron chi connectivity index (χ3n) is 2.48. The average molecular weight is 244 g/mol. The van der Waals surface area contributed by atoms with Crippen molar-refractivity contribution in [2.75, 3.05) is 7.11 Å². The van der Waals surface area contributed by atoms with E-state index in [9.17, 15) is 9.59 Å². The van der Waals surface area contributed by atoms with Crippen LogP contribution in [0.5, 0.6) is 11.5 Å². The van der Waals surface area contributed by atoms with Crippen LogP contribution in [0.15, 0.2) is 48.1 Å². The summed E-state index contributed by atoms with van der Waals surface area (Å²) in [5.74, 6) is 0.643. The Morgan fingerprint density at radius 3 is 2.33 bits per heavy atom. The molecule has 0 aliphatic heterocycles. The molecule has 0 spiro atoms. The summed E-state index contributed by atoms with van der Waals surface area (Å²) < 4.78 is 10.2. The van der Waals surface area contributed by atoms with Gasteiger partial charge in [-0.15, -0.1) is 0 Å². The molecule has 0 saturated heterocycles. The van der Waals surface area contributed by atoms with Crippen LogP contribution in [0.2, 0.25) is 0 Å². The lowest BCUT2D eigenvalue weighted by Gasteiger charge is -2.07. The smallest absolute Gasteiger partial charge is 0.343 e. The Hall–Kier alpha value is -2.36. The fourth-order valence-electron chi connectivity index (χ4n) is 1.49. The number of benzene rings is 1. The Morgan fingerprint density at radius 1 is 1.11 bits per heavy atom. The molecule has 1 aromatic carbocycles.